The van der Waals surface area contributed by atoms with Crippen LogP contribution in [0, 0.1) is 11.3 Å². The van der Waals surface area contributed by atoms with E-state index in [2.05, 4.69) is 57.0 Å². The van der Waals surface area contributed by atoms with Crippen LogP contribution < -0.4 is 10.2 Å². The molecule has 1 fully saturated rings. The molecular weight excluding hydrogens is 258 g/mol. The van der Waals surface area contributed by atoms with Crippen LogP contribution in [0.3, 0.4) is 0 Å². The first-order valence-corrected chi connectivity index (χ1v) is 8.35. The highest BCUT2D eigenvalue weighted by atomic mass is 15.2. The fourth-order valence-electron chi connectivity index (χ4n) is 2.89. The molecule has 1 N–H and O–H groups in total. The highest BCUT2D eigenvalue weighted by Crippen LogP contribution is 2.32. The summed E-state index contributed by atoms with van der Waals surface area (Å²) in [6.07, 6.45) is 2.26. The summed E-state index contributed by atoms with van der Waals surface area (Å²) in [4.78, 5) is 7.29. The first-order valence-electron chi connectivity index (χ1n) is 8.35. The first-order chi connectivity index (χ1) is 9.89. The standard InChI is InChI=1S/C18H31N3/c1-6-16-9-15(12-19-11-14(2)3)10-17(20-16)21-8-7-18(4,5)13-21/h9-10,14,19H,6-8,11-13H2,1-5H3. The maximum atomic E-state index is 4.84. The SMILES string of the molecule is CCc1cc(CNCC(C)C)cc(N2CCC(C)(C)C2)n1. The molecule has 0 bridgehead atoms. The molecule has 21 heavy (non-hydrogen) atoms. The van der Waals surface area contributed by atoms with Crippen molar-refractivity contribution in [3.63, 3.8) is 0 Å². The van der Waals surface area contributed by atoms with Gasteiger partial charge < -0.3 is 10.2 Å². The summed E-state index contributed by atoms with van der Waals surface area (Å²) in [5.41, 5.74) is 2.99. The van der Waals surface area contributed by atoms with Crippen LogP contribution in [0.25, 0.3) is 0 Å². The van der Waals surface area contributed by atoms with Gasteiger partial charge in [-0.3, -0.25) is 0 Å². The number of nitrogens with one attached hydrogen (secondary N) is 1. The molecule has 1 aromatic heterocycles. The highest BCUT2D eigenvalue weighted by Gasteiger charge is 2.30. The third kappa shape index (κ3) is 4.70. The lowest BCUT2D eigenvalue weighted by atomic mass is 9.93. The van der Waals surface area contributed by atoms with E-state index < -0.39 is 0 Å². The monoisotopic (exact) mass is 289 g/mol. The number of anilines is 1. The van der Waals surface area contributed by atoms with Gasteiger partial charge in [-0.2, -0.15) is 0 Å². The van der Waals surface area contributed by atoms with Crippen molar-refractivity contribution in [3.8, 4) is 0 Å². The van der Waals surface area contributed by atoms with E-state index in [1.165, 1.54) is 23.5 Å². The van der Waals surface area contributed by atoms with Gasteiger partial charge in [-0.05, 0) is 48.4 Å². The molecule has 0 radical (unpaired) electrons. The first kappa shape index (κ1) is 16.3. The van der Waals surface area contributed by atoms with Gasteiger partial charge in [0.1, 0.15) is 5.82 Å². The van der Waals surface area contributed by atoms with Crippen LogP contribution in [0.4, 0.5) is 5.82 Å². The van der Waals surface area contributed by atoms with Crippen molar-refractivity contribution in [2.24, 2.45) is 11.3 Å². The van der Waals surface area contributed by atoms with Gasteiger partial charge in [0.25, 0.3) is 0 Å². The molecule has 3 heteroatoms. The third-order valence-electron chi connectivity index (χ3n) is 4.17. The minimum absolute atomic E-state index is 0.417. The molecule has 1 aromatic rings. The Balaban J connectivity index is 2.10. The van der Waals surface area contributed by atoms with Crippen LogP contribution >= 0.6 is 0 Å². The average Bonchev–Trinajstić information content (AvgIpc) is 2.78. The van der Waals surface area contributed by atoms with Gasteiger partial charge in [0.05, 0.1) is 0 Å². The van der Waals surface area contributed by atoms with Gasteiger partial charge in [0.2, 0.25) is 0 Å². The second-order valence-electron chi connectivity index (χ2n) is 7.54. The van der Waals surface area contributed by atoms with Gasteiger partial charge >= 0.3 is 0 Å². The van der Waals surface area contributed by atoms with Crippen LogP contribution in [0.15, 0.2) is 12.1 Å². The summed E-state index contributed by atoms with van der Waals surface area (Å²) in [7, 11) is 0. The smallest absolute Gasteiger partial charge is 0.129 e. The number of rotatable bonds is 6. The van der Waals surface area contributed by atoms with Crippen molar-refractivity contribution in [3.05, 3.63) is 23.4 Å². The summed E-state index contributed by atoms with van der Waals surface area (Å²) in [5.74, 6) is 1.86. The molecule has 2 rings (SSSR count). The minimum Gasteiger partial charge on any atom is -0.356 e. The quantitative estimate of drug-likeness (QED) is 0.867. The highest BCUT2D eigenvalue weighted by molar-refractivity contribution is 5.44. The number of hydrogen-bond acceptors (Lipinski definition) is 3. The van der Waals surface area contributed by atoms with Gasteiger partial charge in [-0.1, -0.05) is 34.6 Å². The Hall–Kier alpha value is -1.09. The van der Waals surface area contributed by atoms with Gasteiger partial charge in [0.15, 0.2) is 0 Å². The molecule has 0 spiro atoms. The van der Waals surface area contributed by atoms with Crippen molar-refractivity contribution in [2.75, 3.05) is 24.5 Å². The third-order valence-corrected chi connectivity index (χ3v) is 4.17. The van der Waals surface area contributed by atoms with Crippen molar-refractivity contribution >= 4 is 5.82 Å². The topological polar surface area (TPSA) is 28.2 Å². The molecule has 0 amide bonds. The lowest BCUT2D eigenvalue weighted by Crippen LogP contribution is -2.24. The molecule has 1 saturated heterocycles. The van der Waals surface area contributed by atoms with E-state index in [1.807, 2.05) is 0 Å². The second kappa shape index (κ2) is 6.78. The summed E-state index contributed by atoms with van der Waals surface area (Å²) in [6, 6.07) is 4.52. The van der Waals surface area contributed by atoms with Crippen molar-refractivity contribution in [1.82, 2.24) is 10.3 Å². The zero-order valence-corrected chi connectivity index (χ0v) is 14.4. The Morgan fingerprint density at radius 2 is 2.10 bits per heavy atom. The summed E-state index contributed by atoms with van der Waals surface area (Å²) < 4.78 is 0. The number of pyridine rings is 1. The van der Waals surface area contributed by atoms with Gasteiger partial charge in [0, 0.05) is 25.3 Å². The Morgan fingerprint density at radius 1 is 1.33 bits per heavy atom. The van der Waals surface area contributed by atoms with Crippen LogP contribution in [-0.4, -0.2) is 24.6 Å². The van der Waals surface area contributed by atoms with Crippen molar-refractivity contribution < 1.29 is 0 Å². The zero-order valence-electron chi connectivity index (χ0n) is 14.4. The zero-order chi connectivity index (χ0) is 15.5. The number of nitrogens with zero attached hydrogens (tertiary/aromatic N) is 2. The van der Waals surface area contributed by atoms with Crippen molar-refractivity contribution in [2.45, 2.75) is 54.0 Å². The maximum Gasteiger partial charge on any atom is 0.129 e. The summed E-state index contributed by atoms with van der Waals surface area (Å²) >= 11 is 0. The second-order valence-corrected chi connectivity index (χ2v) is 7.54. The number of aromatic nitrogens is 1. The Morgan fingerprint density at radius 3 is 2.67 bits per heavy atom. The van der Waals surface area contributed by atoms with E-state index in [0.29, 0.717) is 11.3 Å². The summed E-state index contributed by atoms with van der Waals surface area (Å²) in [5, 5.41) is 3.54. The molecule has 0 aromatic carbocycles. The largest absolute Gasteiger partial charge is 0.356 e. The molecule has 2 heterocycles. The van der Waals surface area contributed by atoms with Gasteiger partial charge in [-0.15, -0.1) is 0 Å². The molecule has 0 unspecified atom stereocenters. The van der Waals surface area contributed by atoms with E-state index in [-0.39, 0.29) is 0 Å². The minimum atomic E-state index is 0.417. The van der Waals surface area contributed by atoms with Crippen LogP contribution in [0.2, 0.25) is 0 Å². The lowest BCUT2D eigenvalue weighted by molar-refractivity contribution is 0.418. The fraction of sp³-hybridized carbons (Fsp3) is 0.722. The normalized spacial score (nSPS) is 17.7. The Bertz CT molecular complexity index is 466. The molecule has 1 aliphatic heterocycles. The predicted octanol–water partition coefficient (Wildman–Crippen LogP) is 3.63. The van der Waals surface area contributed by atoms with Crippen LogP contribution in [0.5, 0.6) is 0 Å². The Labute approximate surface area is 130 Å². The van der Waals surface area contributed by atoms with Gasteiger partial charge in [-0.25, -0.2) is 4.98 Å². The molecular formula is C18H31N3. The van der Waals surface area contributed by atoms with E-state index in [0.717, 1.165) is 32.6 Å². The molecule has 3 nitrogen and oxygen atoms in total. The van der Waals surface area contributed by atoms with E-state index in [9.17, 15) is 0 Å². The van der Waals surface area contributed by atoms with E-state index in [1.54, 1.807) is 0 Å². The Kier molecular flexibility index (Phi) is 5.26. The molecule has 0 aliphatic carbocycles. The van der Waals surface area contributed by atoms with E-state index >= 15 is 0 Å². The molecule has 1 aliphatic rings. The van der Waals surface area contributed by atoms with Crippen LogP contribution in [0.1, 0.15) is 52.3 Å². The molecule has 0 atom stereocenters. The predicted molar refractivity (Wildman–Crippen MR) is 90.8 cm³/mol. The number of aryl methyl sites for hydroxylation is 1. The summed E-state index contributed by atoms with van der Waals surface area (Å²) in [6.45, 7) is 15.6. The lowest BCUT2D eigenvalue weighted by Gasteiger charge is -2.22. The maximum absolute atomic E-state index is 4.84. The van der Waals surface area contributed by atoms with Crippen LogP contribution in [-0.2, 0) is 13.0 Å². The number of hydrogen-bond donors (Lipinski definition) is 1. The average molecular weight is 289 g/mol. The van der Waals surface area contributed by atoms with E-state index in [4.69, 9.17) is 4.98 Å². The fourth-order valence-corrected chi connectivity index (χ4v) is 2.89. The molecule has 118 valence electrons. The van der Waals surface area contributed by atoms with Crippen molar-refractivity contribution in [1.29, 1.82) is 0 Å². The molecule has 0 saturated carbocycles.